The van der Waals surface area contributed by atoms with Crippen molar-refractivity contribution in [2.45, 2.75) is 161 Å². The molecular formula is C51H77N9O14. The third-order valence-electron chi connectivity index (χ3n) is 12.4. The van der Waals surface area contributed by atoms with E-state index in [0.29, 0.717) is 43.2 Å². The number of carboxylic acids is 3. The molecule has 23 heteroatoms. The Labute approximate surface area is 431 Å². The van der Waals surface area contributed by atoms with Crippen LogP contribution in [0.15, 0.2) is 54.6 Å². The lowest BCUT2D eigenvalue weighted by Gasteiger charge is -2.30. The number of carbonyl (C=O) groups excluding carboxylic acids is 7. The van der Waals surface area contributed by atoms with Crippen LogP contribution in [-0.2, 0) is 60.8 Å². The Morgan fingerprint density at radius 1 is 0.514 bits per heavy atom. The quantitative estimate of drug-likeness (QED) is 0.0427. The molecule has 0 aliphatic heterocycles. The summed E-state index contributed by atoms with van der Waals surface area (Å²) in [4.78, 5) is 133. The molecule has 0 saturated carbocycles. The Kier molecular flexibility index (Phi) is 27.3. The average Bonchev–Trinajstić information content (AvgIpc) is 3.34. The number of benzene rings is 2. The first-order chi connectivity index (χ1) is 34.9. The number of hydrogen-bond donors (Lipinski definition) is 13. The average molecular weight is 1040 g/mol. The zero-order valence-corrected chi connectivity index (χ0v) is 43.1. The Morgan fingerprint density at radius 3 is 1.45 bits per heavy atom. The Balaban J connectivity index is 2.52. The highest BCUT2D eigenvalue weighted by Gasteiger charge is 2.37. The van der Waals surface area contributed by atoms with Gasteiger partial charge in [0.25, 0.3) is 0 Å². The molecule has 15 N–H and O–H groups in total. The molecule has 23 nitrogen and oxygen atoms in total. The molecule has 7 amide bonds. The van der Waals surface area contributed by atoms with Crippen molar-refractivity contribution in [1.29, 1.82) is 0 Å². The largest absolute Gasteiger partial charge is 0.508 e. The van der Waals surface area contributed by atoms with Crippen LogP contribution >= 0.6 is 0 Å². The van der Waals surface area contributed by atoms with Crippen LogP contribution < -0.4 is 48.7 Å². The number of phenols is 1. The molecular weight excluding hydrogens is 963 g/mol. The third kappa shape index (κ3) is 22.3. The van der Waals surface area contributed by atoms with Gasteiger partial charge in [-0.2, -0.15) is 0 Å². The van der Waals surface area contributed by atoms with Crippen molar-refractivity contribution >= 4 is 59.3 Å². The van der Waals surface area contributed by atoms with E-state index in [1.807, 2.05) is 13.8 Å². The molecule has 0 heterocycles. The summed E-state index contributed by atoms with van der Waals surface area (Å²) >= 11 is 0. The number of rotatable bonds is 34. The number of nitrogens with two attached hydrogens (primary N) is 2. The number of aliphatic carboxylic acids is 3. The second-order valence-corrected chi connectivity index (χ2v) is 19.0. The maximum atomic E-state index is 14.4. The van der Waals surface area contributed by atoms with Crippen LogP contribution in [0.25, 0.3) is 0 Å². The van der Waals surface area contributed by atoms with Crippen LogP contribution in [0.3, 0.4) is 0 Å². The standard InChI is InChI=1S/C51H77N9O14/c1-7-29(5)42(59-45(67)35(16-12-13-23-52)54-47(69)37(26-32-17-19-33(61)20-18-32)56-44(66)34(53)24-28(3)4)50(72)58-38(25-31-14-10-9-11-15-31)48(70)57-39(27-41(64)65)49(71)55-36(21-22-40(62)63)46(68)60-43(51(73)74)30(6)8-2/h9-11,14-15,17-20,28-30,34-39,42-43,61H,7-8,12-13,16,21-27,52-53H2,1-6H3,(H,54,69)(H,55,71)(H,56,66)(H,57,70)(H,58,72)(H,59,67)(H,60,68)(H,62,63)(H,64,65)(H,73,74)/t29-,30-,34-,35-,36-,37-,38-,39-,42-,43-/m0/s1. The zero-order chi connectivity index (χ0) is 55.7. The highest BCUT2D eigenvalue weighted by atomic mass is 16.4. The first-order valence-electron chi connectivity index (χ1n) is 25.0. The van der Waals surface area contributed by atoms with Gasteiger partial charge in [0.05, 0.1) is 12.5 Å². The van der Waals surface area contributed by atoms with Gasteiger partial charge in [-0.25, -0.2) is 4.79 Å². The number of phenolic OH excluding ortho intramolecular Hbond substituents is 1. The number of nitrogens with one attached hydrogen (secondary N) is 7. The molecule has 0 saturated heterocycles. The molecule has 0 bridgehead atoms. The molecule has 0 spiro atoms. The molecule has 10 atom stereocenters. The molecule has 2 aromatic carbocycles. The molecule has 0 aliphatic carbocycles. The number of carbonyl (C=O) groups is 10. The summed E-state index contributed by atoms with van der Waals surface area (Å²) < 4.78 is 0. The lowest BCUT2D eigenvalue weighted by Crippen LogP contribution is -2.61. The van der Waals surface area contributed by atoms with Gasteiger partial charge in [0, 0.05) is 19.3 Å². The van der Waals surface area contributed by atoms with E-state index in [1.165, 1.54) is 12.1 Å². The lowest BCUT2D eigenvalue weighted by atomic mass is 9.96. The second kappa shape index (κ2) is 32.1. The zero-order valence-electron chi connectivity index (χ0n) is 43.1. The minimum absolute atomic E-state index is 0.0226. The highest BCUT2D eigenvalue weighted by molar-refractivity contribution is 5.98. The van der Waals surface area contributed by atoms with E-state index < -0.39 is 139 Å². The molecule has 410 valence electrons. The van der Waals surface area contributed by atoms with Gasteiger partial charge in [-0.3, -0.25) is 43.2 Å². The summed E-state index contributed by atoms with van der Waals surface area (Å²) in [5.41, 5.74) is 13.0. The van der Waals surface area contributed by atoms with Crippen LogP contribution in [0, 0.1) is 17.8 Å². The van der Waals surface area contributed by atoms with E-state index in [4.69, 9.17) is 11.5 Å². The smallest absolute Gasteiger partial charge is 0.326 e. The van der Waals surface area contributed by atoms with Crippen molar-refractivity contribution in [3.05, 3.63) is 65.7 Å². The SMILES string of the molecule is CC[C@H](C)[C@H](NC(=O)[C@H](CCC(=O)O)NC(=O)[C@H](CC(=O)O)NC(=O)[C@H](Cc1ccccc1)NC(=O)[C@@H](NC(=O)[C@H](CCCCN)NC(=O)[C@H](Cc1ccc(O)cc1)NC(=O)[C@@H](N)CC(C)C)[C@@H](C)CC)C(=O)O. The van der Waals surface area contributed by atoms with Gasteiger partial charge in [-0.05, 0) is 79.7 Å². The molecule has 0 unspecified atom stereocenters. The van der Waals surface area contributed by atoms with E-state index >= 15 is 0 Å². The number of amides is 7. The molecule has 2 rings (SSSR count). The first kappa shape index (κ1) is 63.0. The fourth-order valence-corrected chi connectivity index (χ4v) is 7.68. The van der Waals surface area contributed by atoms with Gasteiger partial charge in [-0.15, -0.1) is 0 Å². The minimum Gasteiger partial charge on any atom is -0.508 e. The van der Waals surface area contributed by atoms with Crippen molar-refractivity contribution in [3.63, 3.8) is 0 Å². The molecule has 2 aromatic rings. The third-order valence-corrected chi connectivity index (χ3v) is 12.4. The topological polar surface area (TPSA) is 388 Å². The predicted molar refractivity (Wildman–Crippen MR) is 271 cm³/mol. The van der Waals surface area contributed by atoms with E-state index in [9.17, 15) is 68.4 Å². The monoisotopic (exact) mass is 1040 g/mol. The minimum atomic E-state index is -1.92. The molecule has 0 radical (unpaired) electrons. The number of hydrogen-bond acceptors (Lipinski definition) is 13. The van der Waals surface area contributed by atoms with Crippen molar-refractivity contribution in [2.24, 2.45) is 29.2 Å². The Bertz CT molecular complexity index is 2200. The molecule has 0 aliphatic rings. The van der Waals surface area contributed by atoms with Crippen LogP contribution in [0.4, 0.5) is 0 Å². The van der Waals surface area contributed by atoms with Gasteiger partial charge < -0.3 is 69.1 Å². The fourth-order valence-electron chi connectivity index (χ4n) is 7.68. The first-order valence-corrected chi connectivity index (χ1v) is 25.0. The van der Waals surface area contributed by atoms with Crippen LogP contribution in [0.5, 0.6) is 5.75 Å². The maximum absolute atomic E-state index is 14.4. The number of unbranched alkanes of at least 4 members (excludes halogenated alkanes) is 1. The van der Waals surface area contributed by atoms with Crippen molar-refractivity contribution in [2.75, 3.05) is 6.54 Å². The van der Waals surface area contributed by atoms with E-state index in [2.05, 4.69) is 37.2 Å². The maximum Gasteiger partial charge on any atom is 0.326 e. The van der Waals surface area contributed by atoms with E-state index in [-0.39, 0.29) is 37.5 Å². The lowest BCUT2D eigenvalue weighted by molar-refractivity contribution is -0.145. The summed E-state index contributed by atoms with van der Waals surface area (Å²) in [6.45, 7) is 10.7. The number of carboxylic acid groups (broad SMARTS) is 3. The molecule has 0 fully saturated rings. The summed E-state index contributed by atoms with van der Waals surface area (Å²) in [6.07, 6.45) is -0.669. The summed E-state index contributed by atoms with van der Waals surface area (Å²) in [5, 5.41) is 56.5. The molecule has 74 heavy (non-hydrogen) atoms. The van der Waals surface area contributed by atoms with Crippen LogP contribution in [0.1, 0.15) is 110 Å². The predicted octanol–water partition coefficient (Wildman–Crippen LogP) is 0.590. The van der Waals surface area contributed by atoms with Gasteiger partial charge in [0.1, 0.15) is 48.0 Å². The van der Waals surface area contributed by atoms with Crippen LogP contribution in [-0.4, -0.2) is 135 Å². The summed E-state index contributed by atoms with van der Waals surface area (Å²) in [7, 11) is 0. The van der Waals surface area contributed by atoms with E-state index in [1.54, 1.807) is 70.2 Å². The van der Waals surface area contributed by atoms with Gasteiger partial charge >= 0.3 is 17.9 Å². The van der Waals surface area contributed by atoms with Crippen molar-refractivity contribution < 1.29 is 68.4 Å². The van der Waals surface area contributed by atoms with Gasteiger partial charge in [-0.1, -0.05) is 96.8 Å². The fraction of sp³-hybridized carbons (Fsp3) is 0.569. The van der Waals surface area contributed by atoms with E-state index in [0.717, 1.165) is 0 Å². The van der Waals surface area contributed by atoms with Crippen molar-refractivity contribution in [3.8, 4) is 5.75 Å². The molecule has 0 aromatic heterocycles. The van der Waals surface area contributed by atoms with Crippen molar-refractivity contribution in [1.82, 2.24) is 37.2 Å². The normalized spacial score (nSPS) is 15.2. The Hall–Kier alpha value is -7.14. The number of aromatic hydroxyl groups is 1. The summed E-state index contributed by atoms with van der Waals surface area (Å²) in [6, 6.07) is 2.88. The van der Waals surface area contributed by atoms with Gasteiger partial charge in [0.15, 0.2) is 0 Å². The van der Waals surface area contributed by atoms with Crippen LogP contribution in [0.2, 0.25) is 0 Å². The Morgan fingerprint density at radius 2 is 0.959 bits per heavy atom. The highest BCUT2D eigenvalue weighted by Crippen LogP contribution is 2.16. The van der Waals surface area contributed by atoms with Gasteiger partial charge in [0.2, 0.25) is 41.4 Å². The summed E-state index contributed by atoms with van der Waals surface area (Å²) in [5.74, 6) is -11.8. The second-order valence-electron chi connectivity index (χ2n) is 19.0.